The zero-order valence-corrected chi connectivity index (χ0v) is 49.6. The predicted octanol–water partition coefficient (Wildman–Crippen LogP) is 26.4. The van der Waals surface area contributed by atoms with Crippen LogP contribution in [0.2, 0.25) is 0 Å². The van der Waals surface area contributed by atoms with E-state index in [1.807, 2.05) is 0 Å². The molecule has 10 aromatic carbocycles. The lowest BCUT2D eigenvalue weighted by atomic mass is 9.93. The Morgan fingerprint density at radius 2 is 0.373 bits per heavy atom. The lowest BCUT2D eigenvalue weighted by Gasteiger charge is -2.21. The summed E-state index contributed by atoms with van der Waals surface area (Å²) < 4.78 is 439. The van der Waals surface area contributed by atoms with E-state index in [2.05, 4.69) is 0 Å². The smallest absolute Gasteiger partial charge is 0.309 e. The molecule has 12 aromatic rings. The summed E-state index contributed by atoms with van der Waals surface area (Å²) in [5.41, 5.74) is -30.3. The molecule has 0 aliphatic heterocycles. The molecule has 0 saturated carbocycles. The van der Waals surface area contributed by atoms with Gasteiger partial charge in [0.05, 0.1) is 77.7 Å². The van der Waals surface area contributed by atoms with Gasteiger partial charge in [0.25, 0.3) is 0 Å². The molecular weight excluding hydrogens is 1440 g/mol. The van der Waals surface area contributed by atoms with Crippen molar-refractivity contribution in [2.75, 3.05) is 0 Å². The molecule has 32 heteroatoms. The number of hydrogen-bond acceptors (Lipinski definition) is 0. The summed E-state index contributed by atoms with van der Waals surface area (Å²) in [5.74, 6) is 0. The van der Waals surface area contributed by atoms with Crippen LogP contribution >= 0.6 is 0 Å². The zero-order valence-electron chi connectivity index (χ0n) is 49.6. The first-order valence-electron chi connectivity index (χ1n) is 28.6. The monoisotopic (exact) mass is 1470 g/mol. The summed E-state index contributed by atoms with van der Waals surface area (Å²) >= 11 is 0. The molecule has 0 unspecified atom stereocenters. The Kier molecular flexibility index (Phi) is 16.6. The Morgan fingerprint density at radius 1 is 0.167 bits per heavy atom. The minimum atomic E-state index is -5.67. The molecule has 0 N–H and O–H groups in total. The maximum Gasteiger partial charge on any atom is 0.417 e. The Hall–Kier alpha value is -10.3. The van der Waals surface area contributed by atoms with Gasteiger partial charge in [-0.15, -0.1) is 0 Å². The second-order valence-corrected chi connectivity index (χ2v) is 23.1. The molecule has 0 aliphatic rings. The second kappa shape index (κ2) is 23.6. The van der Waals surface area contributed by atoms with E-state index in [0.717, 1.165) is 81.9 Å². The summed E-state index contributed by atoms with van der Waals surface area (Å²) in [7, 11) is 0. The number of hydrogen-bond donors (Lipinski definition) is 0. The summed E-state index contributed by atoms with van der Waals surface area (Å²) in [5, 5.41) is -1.63. The predicted molar refractivity (Wildman–Crippen MR) is 312 cm³/mol. The highest BCUT2D eigenvalue weighted by atomic mass is 19.4. The molecule has 102 heavy (non-hydrogen) atoms. The van der Waals surface area contributed by atoms with Gasteiger partial charge in [0.1, 0.15) is 0 Å². The van der Waals surface area contributed by atoms with Crippen LogP contribution in [0.25, 0.3) is 111 Å². The summed E-state index contributed by atoms with van der Waals surface area (Å²) in [6.45, 7) is 0. The molecule has 0 amide bonds. The lowest BCUT2D eigenvalue weighted by molar-refractivity contribution is -0.144. The highest BCUT2D eigenvalue weighted by molar-refractivity contribution is 6.13. The van der Waals surface area contributed by atoms with Crippen LogP contribution in [-0.2, 0) is 61.8 Å². The van der Waals surface area contributed by atoms with Crippen LogP contribution in [0.1, 0.15) is 55.6 Å². The van der Waals surface area contributed by atoms with Gasteiger partial charge >= 0.3 is 61.8 Å². The molecule has 0 radical (unpaired) electrons. The first kappa shape index (κ1) is 71.5. The highest BCUT2D eigenvalue weighted by Gasteiger charge is 2.45. The fourth-order valence-electron chi connectivity index (χ4n) is 12.4. The summed E-state index contributed by atoms with van der Waals surface area (Å²) in [6.07, 6.45) is -55.0. The standard InChI is InChI=1S/C70H30F30N2/c71-61(72,73)35-5-11-41(53(25-35)67(89,90)91)31-1-17-57-47(21-31)48-22-32(42-12-6-36(62(74,75)76)26-54(42)68(92,93)94)2-18-58(48)101(57)39-9-15-51(65(83,84)85)45(29-39)46-30-40(10-16-52(46)66(86,87)88)102-59-19-3-33(43-13-7-37(63(77,78)79)27-55(43)69(95,96)97)23-49(59)50-24-34(4-20-60(50)102)44-14-8-38(64(80,81)82)28-56(44)70(98,99)100/h1-30H. The van der Waals surface area contributed by atoms with Crippen molar-refractivity contribution in [2.45, 2.75) is 61.8 Å². The average molecular weight is 1470 g/mol. The molecule has 0 spiro atoms. The van der Waals surface area contributed by atoms with Crippen LogP contribution in [0, 0.1) is 0 Å². The topological polar surface area (TPSA) is 9.86 Å². The van der Waals surface area contributed by atoms with Gasteiger partial charge in [-0.05, 0) is 189 Å². The molecular formula is C70H30F30N2. The van der Waals surface area contributed by atoms with Crippen LogP contribution in [0.3, 0.4) is 0 Å². The molecule has 2 heterocycles. The molecule has 12 rings (SSSR count). The van der Waals surface area contributed by atoms with E-state index in [1.54, 1.807) is 0 Å². The number of nitrogens with zero attached hydrogens (tertiary/aromatic N) is 2. The number of rotatable bonds is 7. The quantitative estimate of drug-likeness (QED) is 0.141. The van der Waals surface area contributed by atoms with E-state index in [-0.39, 0.29) is 82.7 Å². The Balaban J connectivity index is 1.13. The minimum Gasteiger partial charge on any atom is -0.309 e. The van der Waals surface area contributed by atoms with E-state index >= 15 is 26.3 Å². The largest absolute Gasteiger partial charge is 0.417 e. The number of fused-ring (bicyclic) bond motifs is 6. The number of benzene rings is 10. The highest BCUT2D eigenvalue weighted by Crippen LogP contribution is 2.52. The van der Waals surface area contributed by atoms with Gasteiger partial charge in [-0.25, -0.2) is 0 Å². The van der Waals surface area contributed by atoms with Gasteiger partial charge in [-0.3, -0.25) is 0 Å². The number of aromatic nitrogens is 2. The molecule has 0 saturated heterocycles. The van der Waals surface area contributed by atoms with Crippen LogP contribution in [0.4, 0.5) is 132 Å². The zero-order chi connectivity index (χ0) is 74.7. The van der Waals surface area contributed by atoms with Crippen molar-refractivity contribution in [3.05, 3.63) is 238 Å². The Morgan fingerprint density at radius 3 is 0.559 bits per heavy atom. The Bertz CT molecular complexity index is 4760. The fraction of sp³-hybridized carbons (Fsp3) is 0.143. The van der Waals surface area contributed by atoms with Gasteiger partial charge in [-0.1, -0.05) is 48.5 Å². The third kappa shape index (κ3) is 13.1. The maximum atomic E-state index is 15.6. The molecule has 2 aromatic heterocycles. The van der Waals surface area contributed by atoms with Crippen molar-refractivity contribution in [1.29, 1.82) is 0 Å². The van der Waals surface area contributed by atoms with Crippen molar-refractivity contribution in [3.8, 4) is 67.0 Å². The van der Waals surface area contributed by atoms with E-state index < -0.39 is 206 Å². The molecule has 530 valence electrons. The molecule has 0 bridgehead atoms. The third-order valence-corrected chi connectivity index (χ3v) is 16.8. The number of alkyl halides is 30. The van der Waals surface area contributed by atoms with E-state index in [0.29, 0.717) is 48.5 Å². The van der Waals surface area contributed by atoms with Gasteiger partial charge in [0, 0.05) is 32.9 Å². The van der Waals surface area contributed by atoms with Gasteiger partial charge in [-0.2, -0.15) is 132 Å². The number of halogens is 30. The first-order valence-corrected chi connectivity index (χ1v) is 28.6. The molecule has 0 aliphatic carbocycles. The van der Waals surface area contributed by atoms with Crippen molar-refractivity contribution in [2.24, 2.45) is 0 Å². The van der Waals surface area contributed by atoms with Gasteiger partial charge in [0.2, 0.25) is 0 Å². The van der Waals surface area contributed by atoms with Crippen LogP contribution in [0.15, 0.2) is 182 Å². The van der Waals surface area contributed by atoms with Crippen molar-refractivity contribution in [1.82, 2.24) is 9.13 Å². The average Bonchev–Trinajstić information content (AvgIpc) is 1.56. The van der Waals surface area contributed by atoms with Crippen LogP contribution in [0.5, 0.6) is 0 Å². The molecule has 0 fully saturated rings. The maximum absolute atomic E-state index is 15.6. The van der Waals surface area contributed by atoms with Crippen molar-refractivity contribution in [3.63, 3.8) is 0 Å². The fourth-order valence-corrected chi connectivity index (χ4v) is 12.4. The summed E-state index contributed by atoms with van der Waals surface area (Å²) in [6, 6.07) is 14.8. The van der Waals surface area contributed by atoms with E-state index in [1.165, 1.54) is 0 Å². The van der Waals surface area contributed by atoms with E-state index in [9.17, 15) is 105 Å². The van der Waals surface area contributed by atoms with Crippen molar-refractivity contribution >= 4 is 43.6 Å². The SMILES string of the molecule is FC(F)(F)c1ccc(-c2ccc3c(c2)c2cc(-c4ccc(C(F)(F)F)cc4C(F)(F)F)ccc2n3-c2ccc(C(F)(F)F)c(-c3cc(-n4c5ccc(-c6ccc(C(F)(F)F)cc6C(F)(F)F)cc5c5cc(-c6ccc(C(F)(F)F)cc6C(F)(F)F)ccc54)ccc3C(F)(F)F)c2)c(C(F)(F)F)c1. The van der Waals surface area contributed by atoms with Crippen molar-refractivity contribution < 1.29 is 132 Å². The van der Waals surface area contributed by atoms with Crippen LogP contribution in [-0.4, -0.2) is 9.13 Å². The molecule has 0 atom stereocenters. The third-order valence-electron chi connectivity index (χ3n) is 16.8. The van der Waals surface area contributed by atoms with Gasteiger partial charge in [0.15, 0.2) is 0 Å². The summed E-state index contributed by atoms with van der Waals surface area (Å²) in [4.78, 5) is 0. The lowest BCUT2D eigenvalue weighted by Crippen LogP contribution is -2.13. The molecule has 2 nitrogen and oxygen atoms in total. The second-order valence-electron chi connectivity index (χ2n) is 23.1. The minimum absolute atomic E-state index is 0.240. The van der Waals surface area contributed by atoms with E-state index in [4.69, 9.17) is 0 Å². The first-order chi connectivity index (χ1) is 46.9. The Labute approximate surface area is 549 Å². The normalized spacial score (nSPS) is 13.6. The van der Waals surface area contributed by atoms with Crippen LogP contribution < -0.4 is 0 Å². The van der Waals surface area contributed by atoms with Gasteiger partial charge < -0.3 is 9.13 Å².